The van der Waals surface area contributed by atoms with E-state index in [1.54, 1.807) is 0 Å². The molecule has 0 aliphatic carbocycles. The largest absolute Gasteiger partial charge is 0.494 e. The maximum Gasteiger partial charge on any atom is 0.124 e. The fourth-order valence-corrected chi connectivity index (χ4v) is 4.11. The van der Waals surface area contributed by atoms with Gasteiger partial charge in [0.2, 0.25) is 0 Å². The first-order valence-corrected chi connectivity index (χ1v) is 9.28. The SMILES string of the molecule is CCOc1ccc2ccccc2c1C1NCCC1Cc1ccccc1. The van der Waals surface area contributed by atoms with Crippen molar-refractivity contribution >= 4 is 10.8 Å². The maximum absolute atomic E-state index is 6.02. The quantitative estimate of drug-likeness (QED) is 0.699. The number of hydrogen-bond donors (Lipinski definition) is 1. The molecule has 3 aromatic carbocycles. The monoisotopic (exact) mass is 331 g/mol. The first-order valence-electron chi connectivity index (χ1n) is 9.28. The van der Waals surface area contributed by atoms with E-state index in [9.17, 15) is 0 Å². The lowest BCUT2D eigenvalue weighted by atomic mass is 9.86. The van der Waals surface area contributed by atoms with Crippen LogP contribution in [0.1, 0.15) is 30.5 Å². The molecular formula is C23H25NO. The van der Waals surface area contributed by atoms with Crippen molar-refractivity contribution in [1.29, 1.82) is 0 Å². The van der Waals surface area contributed by atoms with Crippen molar-refractivity contribution in [2.75, 3.05) is 13.2 Å². The van der Waals surface area contributed by atoms with Crippen molar-refractivity contribution in [1.82, 2.24) is 5.32 Å². The number of rotatable bonds is 5. The van der Waals surface area contributed by atoms with Crippen LogP contribution in [0.15, 0.2) is 66.7 Å². The van der Waals surface area contributed by atoms with E-state index in [0.717, 1.165) is 18.7 Å². The summed E-state index contributed by atoms with van der Waals surface area (Å²) in [6, 6.07) is 24.1. The molecule has 25 heavy (non-hydrogen) atoms. The fourth-order valence-electron chi connectivity index (χ4n) is 4.11. The van der Waals surface area contributed by atoms with Crippen LogP contribution < -0.4 is 10.1 Å². The summed E-state index contributed by atoms with van der Waals surface area (Å²) in [6.07, 6.45) is 2.31. The van der Waals surface area contributed by atoms with Crippen LogP contribution in [-0.4, -0.2) is 13.2 Å². The Kier molecular flexibility index (Phi) is 4.71. The molecule has 2 atom stereocenters. The highest BCUT2D eigenvalue weighted by atomic mass is 16.5. The molecule has 0 bridgehead atoms. The lowest BCUT2D eigenvalue weighted by Crippen LogP contribution is -2.20. The molecule has 2 nitrogen and oxygen atoms in total. The van der Waals surface area contributed by atoms with Gasteiger partial charge in [-0.3, -0.25) is 0 Å². The molecule has 2 unspecified atom stereocenters. The third-order valence-corrected chi connectivity index (χ3v) is 5.23. The van der Waals surface area contributed by atoms with Crippen LogP contribution in [0.5, 0.6) is 5.75 Å². The van der Waals surface area contributed by atoms with Crippen LogP contribution in [0.4, 0.5) is 0 Å². The van der Waals surface area contributed by atoms with Gasteiger partial charge in [-0.25, -0.2) is 0 Å². The van der Waals surface area contributed by atoms with Gasteiger partial charge in [-0.2, -0.15) is 0 Å². The van der Waals surface area contributed by atoms with E-state index in [4.69, 9.17) is 4.74 Å². The van der Waals surface area contributed by atoms with Crippen molar-refractivity contribution in [3.63, 3.8) is 0 Å². The Labute approximate surface area is 149 Å². The summed E-state index contributed by atoms with van der Waals surface area (Å²) in [6.45, 7) is 3.82. The summed E-state index contributed by atoms with van der Waals surface area (Å²) in [5.41, 5.74) is 2.75. The minimum absolute atomic E-state index is 0.341. The Morgan fingerprint density at radius 2 is 1.76 bits per heavy atom. The molecule has 0 saturated carbocycles. The summed E-state index contributed by atoms with van der Waals surface area (Å²) in [5.74, 6) is 1.62. The zero-order valence-corrected chi connectivity index (χ0v) is 14.7. The highest BCUT2D eigenvalue weighted by Gasteiger charge is 2.31. The molecule has 1 aliphatic heterocycles. The molecule has 1 fully saturated rings. The first kappa shape index (κ1) is 16.2. The Bertz CT molecular complexity index is 843. The van der Waals surface area contributed by atoms with Crippen molar-refractivity contribution in [3.05, 3.63) is 77.9 Å². The van der Waals surface area contributed by atoms with Crippen LogP contribution in [-0.2, 0) is 6.42 Å². The highest BCUT2D eigenvalue weighted by molar-refractivity contribution is 5.88. The van der Waals surface area contributed by atoms with Crippen LogP contribution >= 0.6 is 0 Å². The molecule has 1 aliphatic rings. The molecular weight excluding hydrogens is 306 g/mol. The summed E-state index contributed by atoms with van der Waals surface area (Å²) < 4.78 is 6.02. The summed E-state index contributed by atoms with van der Waals surface area (Å²) in [5, 5.41) is 6.35. The molecule has 0 radical (unpaired) electrons. The van der Waals surface area contributed by atoms with Gasteiger partial charge in [0, 0.05) is 11.6 Å². The second-order valence-corrected chi connectivity index (χ2v) is 6.80. The van der Waals surface area contributed by atoms with Gasteiger partial charge in [0.1, 0.15) is 5.75 Å². The summed E-state index contributed by atoms with van der Waals surface area (Å²) >= 11 is 0. The van der Waals surface area contributed by atoms with Gasteiger partial charge in [0.15, 0.2) is 0 Å². The van der Waals surface area contributed by atoms with E-state index >= 15 is 0 Å². The Balaban J connectivity index is 1.75. The summed E-state index contributed by atoms with van der Waals surface area (Å²) in [7, 11) is 0. The van der Waals surface area contributed by atoms with Crippen molar-refractivity contribution in [2.45, 2.75) is 25.8 Å². The van der Waals surface area contributed by atoms with Gasteiger partial charge < -0.3 is 10.1 Å². The van der Waals surface area contributed by atoms with E-state index < -0.39 is 0 Å². The topological polar surface area (TPSA) is 21.3 Å². The lowest BCUT2D eigenvalue weighted by molar-refractivity contribution is 0.328. The number of benzene rings is 3. The number of fused-ring (bicyclic) bond motifs is 1. The third-order valence-electron chi connectivity index (χ3n) is 5.23. The third kappa shape index (κ3) is 3.27. The van der Waals surface area contributed by atoms with Crippen molar-refractivity contribution in [2.24, 2.45) is 5.92 Å². The Hall–Kier alpha value is -2.32. The van der Waals surface area contributed by atoms with E-state index in [1.807, 2.05) is 0 Å². The van der Waals surface area contributed by atoms with E-state index in [1.165, 1.54) is 28.3 Å². The maximum atomic E-state index is 6.02. The molecule has 0 aromatic heterocycles. The van der Waals surface area contributed by atoms with Gasteiger partial charge in [-0.15, -0.1) is 0 Å². The van der Waals surface area contributed by atoms with Gasteiger partial charge >= 0.3 is 0 Å². The van der Waals surface area contributed by atoms with Crippen LogP contribution in [0.2, 0.25) is 0 Å². The average Bonchev–Trinajstić information content (AvgIpc) is 3.10. The van der Waals surface area contributed by atoms with E-state index in [2.05, 4.69) is 79.0 Å². The predicted molar refractivity (Wildman–Crippen MR) is 104 cm³/mol. The second kappa shape index (κ2) is 7.28. The van der Waals surface area contributed by atoms with Crippen LogP contribution in [0, 0.1) is 5.92 Å². The lowest BCUT2D eigenvalue weighted by Gasteiger charge is -2.24. The fraction of sp³-hybridized carbons (Fsp3) is 0.304. The number of nitrogens with one attached hydrogen (secondary N) is 1. The predicted octanol–water partition coefficient (Wildman–Crippen LogP) is 5.13. The molecule has 1 N–H and O–H groups in total. The second-order valence-electron chi connectivity index (χ2n) is 6.80. The summed E-state index contributed by atoms with van der Waals surface area (Å²) in [4.78, 5) is 0. The van der Waals surface area contributed by atoms with Gasteiger partial charge in [0.05, 0.1) is 6.61 Å². The molecule has 0 amide bonds. The smallest absolute Gasteiger partial charge is 0.124 e. The highest BCUT2D eigenvalue weighted by Crippen LogP contribution is 2.41. The molecule has 4 rings (SSSR count). The molecule has 2 heteroatoms. The number of ether oxygens (including phenoxy) is 1. The van der Waals surface area contributed by atoms with Gasteiger partial charge in [-0.05, 0) is 54.6 Å². The van der Waals surface area contributed by atoms with Crippen LogP contribution in [0.3, 0.4) is 0 Å². The van der Waals surface area contributed by atoms with Crippen molar-refractivity contribution in [3.8, 4) is 5.75 Å². The Morgan fingerprint density at radius 3 is 2.60 bits per heavy atom. The van der Waals surface area contributed by atoms with E-state index in [-0.39, 0.29) is 0 Å². The number of hydrogen-bond acceptors (Lipinski definition) is 2. The normalized spacial score (nSPS) is 20.0. The molecule has 3 aromatic rings. The van der Waals surface area contributed by atoms with Crippen molar-refractivity contribution < 1.29 is 4.74 Å². The Morgan fingerprint density at radius 1 is 0.960 bits per heavy atom. The molecule has 0 spiro atoms. The van der Waals surface area contributed by atoms with E-state index in [0.29, 0.717) is 18.6 Å². The minimum atomic E-state index is 0.341. The zero-order chi connectivity index (χ0) is 17.1. The first-order chi connectivity index (χ1) is 12.4. The van der Waals surface area contributed by atoms with Gasteiger partial charge in [0.25, 0.3) is 0 Å². The van der Waals surface area contributed by atoms with Crippen LogP contribution in [0.25, 0.3) is 10.8 Å². The average molecular weight is 331 g/mol. The molecule has 1 saturated heterocycles. The zero-order valence-electron chi connectivity index (χ0n) is 14.7. The van der Waals surface area contributed by atoms with Gasteiger partial charge in [-0.1, -0.05) is 60.7 Å². The minimum Gasteiger partial charge on any atom is -0.494 e. The standard InChI is InChI=1S/C23H25NO/c1-2-25-21-13-12-18-10-6-7-11-20(18)22(21)23-19(14-15-24-23)16-17-8-4-3-5-9-17/h3-13,19,23-24H,2,14-16H2,1H3. The molecule has 128 valence electrons. The molecule has 1 heterocycles.